The molecule has 3 heteroatoms. The number of carboxylic acid groups (broad SMARTS) is 1. The van der Waals surface area contributed by atoms with E-state index in [1.807, 2.05) is 24.3 Å². The van der Waals surface area contributed by atoms with Crippen LogP contribution in [-0.2, 0) is 4.79 Å². The predicted octanol–water partition coefficient (Wildman–Crippen LogP) is 4.18. The lowest BCUT2D eigenvalue weighted by Crippen LogP contribution is -2.00. The van der Waals surface area contributed by atoms with Crippen molar-refractivity contribution in [2.75, 3.05) is 0 Å². The minimum absolute atomic E-state index is 0.522. The van der Waals surface area contributed by atoms with E-state index in [0.717, 1.165) is 36.5 Å². The van der Waals surface area contributed by atoms with Gasteiger partial charge in [0.05, 0.1) is 6.10 Å². The zero-order valence-corrected chi connectivity index (χ0v) is 12.1. The monoisotopic (exact) mass is 276 g/mol. The molecule has 2 N–H and O–H groups in total. The molecule has 0 aliphatic heterocycles. The van der Waals surface area contributed by atoms with Crippen molar-refractivity contribution < 1.29 is 15.0 Å². The van der Waals surface area contributed by atoms with E-state index in [0.29, 0.717) is 0 Å². The second kappa shape index (κ2) is 9.32. The van der Waals surface area contributed by atoms with Crippen LogP contribution in [0, 0.1) is 0 Å². The summed E-state index contributed by atoms with van der Waals surface area (Å²) in [4.78, 5) is 10.6. The molecule has 1 aromatic carbocycles. The van der Waals surface area contributed by atoms with Crippen molar-refractivity contribution in [1.29, 1.82) is 0 Å². The minimum atomic E-state index is -0.978. The zero-order chi connectivity index (χ0) is 14.8. The van der Waals surface area contributed by atoms with Crippen molar-refractivity contribution in [3.8, 4) is 0 Å². The third-order valence-corrected chi connectivity index (χ3v) is 3.34. The molecule has 0 heterocycles. The lowest BCUT2D eigenvalue weighted by Gasteiger charge is -2.13. The first-order valence-corrected chi connectivity index (χ1v) is 7.33. The van der Waals surface area contributed by atoms with Gasteiger partial charge in [-0.25, -0.2) is 4.79 Å². The Morgan fingerprint density at radius 3 is 2.60 bits per heavy atom. The van der Waals surface area contributed by atoms with Crippen LogP contribution in [0.15, 0.2) is 30.3 Å². The van der Waals surface area contributed by atoms with Gasteiger partial charge in [0.2, 0.25) is 0 Å². The van der Waals surface area contributed by atoms with Gasteiger partial charge in [-0.1, -0.05) is 63.3 Å². The Morgan fingerprint density at radius 1 is 1.20 bits per heavy atom. The first-order valence-electron chi connectivity index (χ1n) is 7.33. The molecule has 0 saturated heterocycles. The summed E-state index contributed by atoms with van der Waals surface area (Å²) in [7, 11) is 0. The summed E-state index contributed by atoms with van der Waals surface area (Å²) in [5.41, 5.74) is 1.58. The first-order chi connectivity index (χ1) is 9.65. The fourth-order valence-corrected chi connectivity index (χ4v) is 2.22. The average molecular weight is 276 g/mol. The number of aliphatic hydroxyl groups excluding tert-OH is 1. The first kappa shape index (κ1) is 16.4. The van der Waals surface area contributed by atoms with Gasteiger partial charge in [0.25, 0.3) is 0 Å². The third kappa shape index (κ3) is 6.02. The maximum absolute atomic E-state index is 10.6. The standard InChI is InChI=1S/C17H24O3/c1-2-3-4-5-6-11-16(18)15-10-8-7-9-14(15)12-13-17(19)20/h7-10,12-13,16,18H,2-6,11H2,1H3,(H,19,20)/b13-12+. The van der Waals surface area contributed by atoms with Crippen LogP contribution >= 0.6 is 0 Å². The van der Waals surface area contributed by atoms with Crippen LogP contribution in [0.1, 0.15) is 62.7 Å². The van der Waals surface area contributed by atoms with Gasteiger partial charge in [-0.2, -0.15) is 0 Å². The molecule has 0 aromatic heterocycles. The van der Waals surface area contributed by atoms with Gasteiger partial charge >= 0.3 is 5.97 Å². The summed E-state index contributed by atoms with van der Waals surface area (Å²) in [6.07, 6.45) is 8.65. The van der Waals surface area contributed by atoms with E-state index in [-0.39, 0.29) is 0 Å². The molecule has 1 atom stereocenters. The smallest absolute Gasteiger partial charge is 0.328 e. The number of hydrogen-bond acceptors (Lipinski definition) is 2. The lowest BCUT2D eigenvalue weighted by molar-refractivity contribution is -0.131. The Bertz CT molecular complexity index is 438. The molecule has 1 unspecified atom stereocenters. The number of hydrogen-bond donors (Lipinski definition) is 2. The van der Waals surface area contributed by atoms with Gasteiger partial charge in [-0.3, -0.25) is 0 Å². The number of carboxylic acids is 1. The Hall–Kier alpha value is -1.61. The largest absolute Gasteiger partial charge is 0.478 e. The summed E-state index contributed by atoms with van der Waals surface area (Å²) in [6, 6.07) is 7.40. The highest BCUT2D eigenvalue weighted by atomic mass is 16.4. The van der Waals surface area contributed by atoms with Crippen molar-refractivity contribution >= 4 is 12.0 Å². The number of benzene rings is 1. The van der Waals surface area contributed by atoms with E-state index in [2.05, 4.69) is 6.92 Å². The highest BCUT2D eigenvalue weighted by Crippen LogP contribution is 2.24. The molecule has 0 bridgehead atoms. The molecule has 0 saturated carbocycles. The normalized spacial score (nSPS) is 12.7. The van der Waals surface area contributed by atoms with Crippen molar-refractivity contribution in [3.63, 3.8) is 0 Å². The molecule has 0 aliphatic rings. The predicted molar refractivity (Wildman–Crippen MR) is 81.4 cm³/mol. The number of aliphatic carboxylic acids is 1. The Morgan fingerprint density at radius 2 is 1.90 bits per heavy atom. The topological polar surface area (TPSA) is 57.5 Å². The van der Waals surface area contributed by atoms with E-state index in [9.17, 15) is 9.90 Å². The van der Waals surface area contributed by atoms with E-state index in [1.54, 1.807) is 0 Å². The number of aliphatic hydroxyl groups is 1. The van der Waals surface area contributed by atoms with E-state index >= 15 is 0 Å². The summed E-state index contributed by atoms with van der Waals surface area (Å²) >= 11 is 0. The molecular weight excluding hydrogens is 252 g/mol. The molecule has 0 spiro atoms. The van der Waals surface area contributed by atoms with Crippen molar-refractivity contribution in [1.82, 2.24) is 0 Å². The SMILES string of the molecule is CCCCCCCC(O)c1ccccc1/C=C/C(=O)O. The fraction of sp³-hybridized carbons (Fsp3) is 0.471. The molecule has 3 nitrogen and oxygen atoms in total. The highest BCUT2D eigenvalue weighted by Gasteiger charge is 2.10. The van der Waals surface area contributed by atoms with E-state index in [4.69, 9.17) is 5.11 Å². The third-order valence-electron chi connectivity index (χ3n) is 3.34. The van der Waals surface area contributed by atoms with Crippen LogP contribution in [0.4, 0.5) is 0 Å². The van der Waals surface area contributed by atoms with E-state index < -0.39 is 12.1 Å². The van der Waals surface area contributed by atoms with Crippen LogP contribution in [0.2, 0.25) is 0 Å². The maximum atomic E-state index is 10.6. The lowest BCUT2D eigenvalue weighted by atomic mass is 9.97. The van der Waals surface area contributed by atoms with Gasteiger partial charge in [0, 0.05) is 6.08 Å². The Kier molecular flexibility index (Phi) is 7.66. The molecular formula is C17H24O3. The summed E-state index contributed by atoms with van der Waals surface area (Å²) in [5.74, 6) is -0.978. The van der Waals surface area contributed by atoms with Crippen LogP contribution in [-0.4, -0.2) is 16.2 Å². The molecule has 0 aliphatic carbocycles. The summed E-state index contributed by atoms with van der Waals surface area (Å²) in [5, 5.41) is 18.9. The molecule has 0 radical (unpaired) electrons. The van der Waals surface area contributed by atoms with Crippen molar-refractivity contribution in [3.05, 3.63) is 41.5 Å². The maximum Gasteiger partial charge on any atom is 0.328 e. The van der Waals surface area contributed by atoms with Gasteiger partial charge in [0.1, 0.15) is 0 Å². The Labute approximate surface area is 121 Å². The average Bonchev–Trinajstić information content (AvgIpc) is 2.45. The second-order valence-electron chi connectivity index (χ2n) is 5.02. The molecule has 1 rings (SSSR count). The van der Waals surface area contributed by atoms with Gasteiger partial charge in [-0.15, -0.1) is 0 Å². The van der Waals surface area contributed by atoms with Crippen molar-refractivity contribution in [2.24, 2.45) is 0 Å². The molecule has 0 fully saturated rings. The molecule has 0 amide bonds. The molecule has 110 valence electrons. The van der Waals surface area contributed by atoms with Crippen LogP contribution in [0.5, 0.6) is 0 Å². The van der Waals surface area contributed by atoms with Crippen LogP contribution in [0.3, 0.4) is 0 Å². The number of unbranched alkanes of at least 4 members (excludes halogenated alkanes) is 4. The number of rotatable bonds is 9. The van der Waals surface area contributed by atoms with Crippen molar-refractivity contribution in [2.45, 2.75) is 51.6 Å². The number of carbonyl (C=O) groups is 1. The molecule has 1 aromatic rings. The second-order valence-corrected chi connectivity index (χ2v) is 5.02. The highest BCUT2D eigenvalue weighted by molar-refractivity contribution is 5.85. The summed E-state index contributed by atoms with van der Waals surface area (Å²) in [6.45, 7) is 2.18. The Balaban J connectivity index is 2.58. The van der Waals surface area contributed by atoms with Crippen LogP contribution < -0.4 is 0 Å². The fourth-order valence-electron chi connectivity index (χ4n) is 2.22. The van der Waals surface area contributed by atoms with E-state index in [1.165, 1.54) is 25.3 Å². The quantitative estimate of drug-likeness (QED) is 0.525. The van der Waals surface area contributed by atoms with Gasteiger partial charge in [-0.05, 0) is 23.6 Å². The van der Waals surface area contributed by atoms with Gasteiger partial charge < -0.3 is 10.2 Å². The van der Waals surface area contributed by atoms with Crippen LogP contribution in [0.25, 0.3) is 6.08 Å². The molecule has 20 heavy (non-hydrogen) atoms. The zero-order valence-electron chi connectivity index (χ0n) is 12.1. The summed E-state index contributed by atoms with van der Waals surface area (Å²) < 4.78 is 0. The van der Waals surface area contributed by atoms with Gasteiger partial charge in [0.15, 0.2) is 0 Å². The minimum Gasteiger partial charge on any atom is -0.478 e.